The van der Waals surface area contributed by atoms with E-state index >= 15 is 0 Å². The van der Waals surface area contributed by atoms with Gasteiger partial charge in [-0.3, -0.25) is 9.69 Å². The van der Waals surface area contributed by atoms with Gasteiger partial charge in [0.1, 0.15) is 11.6 Å². The summed E-state index contributed by atoms with van der Waals surface area (Å²) in [6.45, 7) is 0. The lowest BCUT2D eigenvalue weighted by molar-refractivity contribution is -0.113. The second-order valence-corrected chi connectivity index (χ2v) is 6.23. The quantitative estimate of drug-likeness (QED) is 0.601. The van der Waals surface area contributed by atoms with Crippen molar-refractivity contribution in [2.24, 2.45) is 0 Å². The summed E-state index contributed by atoms with van der Waals surface area (Å²) in [5, 5.41) is 0. The van der Waals surface area contributed by atoms with Crippen molar-refractivity contribution in [1.82, 2.24) is 0 Å². The van der Waals surface area contributed by atoms with Gasteiger partial charge in [0.15, 0.2) is 4.32 Å². The van der Waals surface area contributed by atoms with Crippen LogP contribution in [-0.4, -0.2) is 10.2 Å². The van der Waals surface area contributed by atoms with E-state index in [4.69, 9.17) is 12.2 Å². The number of thioether (sulfide) groups is 1. The van der Waals surface area contributed by atoms with Crippen LogP contribution in [0.4, 0.5) is 14.5 Å². The molecule has 0 saturated carbocycles. The van der Waals surface area contributed by atoms with Crippen LogP contribution in [0.5, 0.6) is 0 Å². The Hall–Kier alpha value is -2.05. The molecule has 0 unspecified atom stereocenters. The summed E-state index contributed by atoms with van der Waals surface area (Å²) in [5.74, 6) is -1.17. The molecule has 22 heavy (non-hydrogen) atoms. The molecule has 1 heterocycles. The minimum atomic E-state index is -0.444. The van der Waals surface area contributed by atoms with Gasteiger partial charge in [-0.05, 0) is 42.0 Å². The minimum absolute atomic E-state index is 0.318. The van der Waals surface area contributed by atoms with Crippen LogP contribution >= 0.6 is 24.0 Å². The van der Waals surface area contributed by atoms with Gasteiger partial charge in [0.25, 0.3) is 5.91 Å². The van der Waals surface area contributed by atoms with Crippen LogP contribution in [0, 0.1) is 11.6 Å². The van der Waals surface area contributed by atoms with Crippen LogP contribution in [0.25, 0.3) is 6.08 Å². The van der Waals surface area contributed by atoms with Crippen LogP contribution < -0.4 is 4.90 Å². The molecule has 2 aromatic rings. The highest BCUT2D eigenvalue weighted by Crippen LogP contribution is 2.36. The maximum absolute atomic E-state index is 13.3. The second-order valence-electron chi connectivity index (χ2n) is 4.55. The zero-order valence-corrected chi connectivity index (χ0v) is 12.8. The lowest BCUT2D eigenvalue weighted by atomic mass is 10.2. The fraction of sp³-hybridized carbons (Fsp3) is 0. The van der Waals surface area contributed by atoms with Gasteiger partial charge in [0, 0.05) is 0 Å². The summed E-state index contributed by atoms with van der Waals surface area (Å²) in [6, 6.07) is 11.6. The van der Waals surface area contributed by atoms with E-state index in [2.05, 4.69) is 0 Å². The third kappa shape index (κ3) is 2.93. The number of amides is 1. The third-order valence-corrected chi connectivity index (χ3v) is 4.31. The van der Waals surface area contributed by atoms with E-state index in [1.807, 2.05) is 0 Å². The molecule has 1 fully saturated rings. The van der Waals surface area contributed by atoms with Gasteiger partial charge in [-0.1, -0.05) is 42.2 Å². The van der Waals surface area contributed by atoms with Crippen LogP contribution in [0.1, 0.15) is 5.56 Å². The standard InChI is InChI=1S/C16H9F2NOS2/c17-11-4-1-3-10(7-11)8-14-15(20)19(16(21)22-14)13-6-2-5-12(18)9-13/h1-9H/b14-8+. The normalized spacial score (nSPS) is 16.6. The fourth-order valence-corrected chi connectivity index (χ4v) is 3.35. The smallest absolute Gasteiger partial charge is 0.268 e. The molecule has 2 nitrogen and oxygen atoms in total. The number of benzene rings is 2. The second kappa shape index (κ2) is 5.98. The molecule has 0 radical (unpaired) electrons. The molecule has 1 amide bonds. The highest BCUT2D eigenvalue weighted by atomic mass is 32.2. The van der Waals surface area contributed by atoms with Gasteiger partial charge in [0.05, 0.1) is 10.6 Å². The number of hydrogen-bond acceptors (Lipinski definition) is 3. The predicted molar refractivity (Wildman–Crippen MR) is 88.5 cm³/mol. The number of hydrogen-bond donors (Lipinski definition) is 0. The Kier molecular flexibility index (Phi) is 4.04. The molecule has 0 bridgehead atoms. The molecule has 0 N–H and O–H groups in total. The Bertz CT molecular complexity index is 804. The number of anilines is 1. The van der Waals surface area contributed by atoms with Gasteiger partial charge >= 0.3 is 0 Å². The van der Waals surface area contributed by atoms with Gasteiger partial charge in [-0.15, -0.1) is 0 Å². The van der Waals surface area contributed by atoms with E-state index in [1.54, 1.807) is 24.3 Å². The fourth-order valence-electron chi connectivity index (χ4n) is 2.05. The molecule has 1 saturated heterocycles. The van der Waals surface area contributed by atoms with Gasteiger partial charge < -0.3 is 0 Å². The van der Waals surface area contributed by atoms with Gasteiger partial charge in [-0.25, -0.2) is 8.78 Å². The molecule has 0 spiro atoms. The molecular weight excluding hydrogens is 324 g/mol. The molecule has 3 rings (SSSR count). The van der Waals surface area contributed by atoms with Crippen LogP contribution in [0.3, 0.4) is 0 Å². The highest BCUT2D eigenvalue weighted by Gasteiger charge is 2.33. The number of carbonyl (C=O) groups excluding carboxylic acids is 1. The topological polar surface area (TPSA) is 20.3 Å². The van der Waals surface area contributed by atoms with Gasteiger partial charge in [0.2, 0.25) is 0 Å². The van der Waals surface area contributed by atoms with Crippen molar-refractivity contribution in [1.29, 1.82) is 0 Å². The summed E-state index contributed by atoms with van der Waals surface area (Å²) in [7, 11) is 0. The Labute approximate surface area is 135 Å². The molecular formula is C16H9F2NOS2. The zero-order valence-electron chi connectivity index (χ0n) is 11.1. The van der Waals surface area contributed by atoms with Crippen molar-refractivity contribution in [2.75, 3.05) is 4.90 Å². The minimum Gasteiger partial charge on any atom is -0.268 e. The SMILES string of the molecule is O=C1/C(=C\c2cccc(F)c2)SC(=S)N1c1cccc(F)c1. The number of halogens is 2. The first kappa shape index (κ1) is 14.9. The first-order valence-corrected chi connectivity index (χ1v) is 7.56. The zero-order chi connectivity index (χ0) is 15.7. The molecule has 0 atom stereocenters. The van der Waals surface area contributed by atoms with E-state index in [0.29, 0.717) is 20.5 Å². The van der Waals surface area contributed by atoms with Crippen LogP contribution in [0.15, 0.2) is 53.4 Å². The summed E-state index contributed by atoms with van der Waals surface area (Å²) >= 11 is 6.30. The molecule has 2 aromatic carbocycles. The first-order valence-electron chi connectivity index (χ1n) is 6.34. The average Bonchev–Trinajstić information content (AvgIpc) is 2.73. The molecule has 0 aromatic heterocycles. The summed E-state index contributed by atoms with van der Waals surface area (Å²) < 4.78 is 26.8. The summed E-state index contributed by atoms with van der Waals surface area (Å²) in [5.41, 5.74) is 0.949. The lowest BCUT2D eigenvalue weighted by Crippen LogP contribution is -2.27. The highest BCUT2D eigenvalue weighted by molar-refractivity contribution is 8.27. The molecule has 0 aliphatic carbocycles. The molecule has 1 aliphatic rings. The Morgan fingerprint density at radius 3 is 2.41 bits per heavy atom. The van der Waals surface area contributed by atoms with E-state index in [9.17, 15) is 13.6 Å². The monoisotopic (exact) mass is 333 g/mol. The average molecular weight is 333 g/mol. The van der Waals surface area contributed by atoms with Crippen LogP contribution in [-0.2, 0) is 4.79 Å². The Morgan fingerprint density at radius 1 is 1.05 bits per heavy atom. The largest absolute Gasteiger partial charge is 0.270 e. The third-order valence-electron chi connectivity index (χ3n) is 3.01. The summed E-state index contributed by atoms with van der Waals surface area (Å²) in [6.07, 6.45) is 1.57. The Morgan fingerprint density at radius 2 is 1.73 bits per heavy atom. The van der Waals surface area contributed by atoms with E-state index in [-0.39, 0.29) is 11.7 Å². The predicted octanol–water partition coefficient (Wildman–Crippen LogP) is 4.37. The molecule has 110 valence electrons. The number of nitrogens with zero attached hydrogens (tertiary/aromatic N) is 1. The van der Waals surface area contributed by atoms with E-state index in [0.717, 1.165) is 11.8 Å². The summed E-state index contributed by atoms with van der Waals surface area (Å²) in [4.78, 5) is 14.1. The number of rotatable bonds is 2. The van der Waals surface area contributed by atoms with Crippen LogP contribution in [0.2, 0.25) is 0 Å². The van der Waals surface area contributed by atoms with Gasteiger partial charge in [-0.2, -0.15) is 0 Å². The maximum Gasteiger partial charge on any atom is 0.270 e. The number of thiocarbonyl (C=S) groups is 1. The van der Waals surface area contributed by atoms with Crippen molar-refractivity contribution in [3.05, 3.63) is 70.6 Å². The van der Waals surface area contributed by atoms with Crippen molar-refractivity contribution in [3.8, 4) is 0 Å². The lowest BCUT2D eigenvalue weighted by Gasteiger charge is -2.14. The van der Waals surface area contributed by atoms with Crippen molar-refractivity contribution >= 4 is 46.0 Å². The van der Waals surface area contributed by atoms with Crippen molar-refractivity contribution in [2.45, 2.75) is 0 Å². The van der Waals surface area contributed by atoms with Crippen molar-refractivity contribution in [3.63, 3.8) is 0 Å². The van der Waals surface area contributed by atoms with E-state index in [1.165, 1.54) is 35.2 Å². The Balaban J connectivity index is 1.95. The molecule has 1 aliphatic heterocycles. The first-order chi connectivity index (χ1) is 10.5. The van der Waals surface area contributed by atoms with E-state index < -0.39 is 5.82 Å². The maximum atomic E-state index is 13.3. The molecule has 6 heteroatoms. The number of carbonyl (C=O) groups is 1. The van der Waals surface area contributed by atoms with Crippen molar-refractivity contribution < 1.29 is 13.6 Å².